The number of rotatable bonds is 3. The predicted octanol–water partition coefficient (Wildman–Crippen LogP) is 3.64. The van der Waals surface area contributed by atoms with E-state index in [1.807, 2.05) is 7.05 Å². The fourth-order valence-electron chi connectivity index (χ4n) is 2.87. The third-order valence-corrected chi connectivity index (χ3v) is 4.30. The van der Waals surface area contributed by atoms with Crippen molar-refractivity contribution in [3.63, 3.8) is 0 Å². The zero-order chi connectivity index (χ0) is 13.3. The molecule has 0 aliphatic carbocycles. The molecule has 0 radical (unpaired) electrons. The van der Waals surface area contributed by atoms with E-state index in [1.54, 1.807) is 0 Å². The Labute approximate surface area is 115 Å². The Kier molecular flexibility index (Phi) is 4.31. The molecule has 2 nitrogen and oxygen atoms in total. The first kappa shape index (κ1) is 13.9. The van der Waals surface area contributed by atoms with Gasteiger partial charge in [-0.3, -0.25) is 0 Å². The Balaban J connectivity index is 2.30. The van der Waals surface area contributed by atoms with Gasteiger partial charge in [-0.2, -0.15) is 0 Å². The van der Waals surface area contributed by atoms with Crippen LogP contribution in [0, 0.1) is 19.8 Å². The zero-order valence-corrected chi connectivity index (χ0v) is 12.3. The van der Waals surface area contributed by atoms with Crippen molar-refractivity contribution in [3.8, 4) is 0 Å². The van der Waals surface area contributed by atoms with E-state index in [0.717, 1.165) is 23.6 Å². The maximum atomic E-state index is 6.17. The maximum absolute atomic E-state index is 6.17. The van der Waals surface area contributed by atoms with Gasteiger partial charge in [0.25, 0.3) is 0 Å². The van der Waals surface area contributed by atoms with Crippen LogP contribution in [0.25, 0.3) is 0 Å². The molecule has 18 heavy (non-hydrogen) atoms. The molecule has 3 heteroatoms. The molecule has 100 valence electrons. The van der Waals surface area contributed by atoms with Gasteiger partial charge in [-0.1, -0.05) is 17.7 Å². The summed E-state index contributed by atoms with van der Waals surface area (Å²) < 4.78 is 5.70. The second-order valence-corrected chi connectivity index (χ2v) is 5.77. The third-order valence-electron chi connectivity index (χ3n) is 3.89. The van der Waals surface area contributed by atoms with Crippen molar-refractivity contribution in [2.75, 3.05) is 13.7 Å². The normalized spacial score (nSPS) is 25.4. The Morgan fingerprint density at radius 2 is 2.06 bits per heavy atom. The van der Waals surface area contributed by atoms with Crippen LogP contribution in [-0.2, 0) is 4.74 Å². The van der Waals surface area contributed by atoms with Crippen molar-refractivity contribution in [2.24, 2.45) is 5.92 Å². The van der Waals surface area contributed by atoms with Crippen LogP contribution in [0.4, 0.5) is 0 Å². The van der Waals surface area contributed by atoms with Crippen molar-refractivity contribution in [1.82, 2.24) is 5.32 Å². The molecule has 0 amide bonds. The van der Waals surface area contributed by atoms with E-state index in [1.165, 1.54) is 11.1 Å². The van der Waals surface area contributed by atoms with Gasteiger partial charge in [0.2, 0.25) is 0 Å². The number of hydrogen-bond acceptors (Lipinski definition) is 2. The Hall–Kier alpha value is -0.570. The van der Waals surface area contributed by atoms with E-state index in [9.17, 15) is 0 Å². The first-order chi connectivity index (χ1) is 8.52. The molecule has 0 spiro atoms. The highest BCUT2D eigenvalue weighted by molar-refractivity contribution is 6.31. The number of nitrogens with one attached hydrogen (secondary N) is 1. The largest absolute Gasteiger partial charge is 0.378 e. The smallest absolute Gasteiger partial charge is 0.0551 e. The zero-order valence-electron chi connectivity index (χ0n) is 11.6. The van der Waals surface area contributed by atoms with Gasteiger partial charge in [0.15, 0.2) is 0 Å². The SMILES string of the molecule is CNC(c1cc(C)c(Cl)cc1C)C1COC(C)C1. The highest BCUT2D eigenvalue weighted by atomic mass is 35.5. The van der Waals surface area contributed by atoms with Crippen LogP contribution >= 0.6 is 11.6 Å². The van der Waals surface area contributed by atoms with Gasteiger partial charge in [0, 0.05) is 17.0 Å². The van der Waals surface area contributed by atoms with Gasteiger partial charge >= 0.3 is 0 Å². The lowest BCUT2D eigenvalue weighted by molar-refractivity contribution is 0.117. The lowest BCUT2D eigenvalue weighted by Crippen LogP contribution is -2.26. The van der Waals surface area contributed by atoms with Gasteiger partial charge in [-0.05, 0) is 57.0 Å². The molecule has 1 saturated heterocycles. The molecule has 3 atom stereocenters. The minimum Gasteiger partial charge on any atom is -0.378 e. The summed E-state index contributed by atoms with van der Waals surface area (Å²) >= 11 is 6.17. The fraction of sp³-hybridized carbons (Fsp3) is 0.600. The van der Waals surface area contributed by atoms with Crippen molar-refractivity contribution >= 4 is 11.6 Å². The summed E-state index contributed by atoms with van der Waals surface area (Å²) in [5.74, 6) is 0.546. The van der Waals surface area contributed by atoms with Gasteiger partial charge in [-0.25, -0.2) is 0 Å². The number of benzene rings is 1. The summed E-state index contributed by atoms with van der Waals surface area (Å²) in [6.07, 6.45) is 1.49. The van der Waals surface area contributed by atoms with Crippen LogP contribution in [0.2, 0.25) is 5.02 Å². The van der Waals surface area contributed by atoms with Gasteiger partial charge < -0.3 is 10.1 Å². The molecule has 3 unspecified atom stereocenters. The molecule has 0 saturated carbocycles. The topological polar surface area (TPSA) is 21.3 Å². The average Bonchev–Trinajstić information content (AvgIpc) is 2.73. The first-order valence-corrected chi connectivity index (χ1v) is 6.96. The number of halogens is 1. The van der Waals surface area contributed by atoms with Gasteiger partial charge in [0.05, 0.1) is 12.7 Å². The van der Waals surface area contributed by atoms with E-state index in [4.69, 9.17) is 16.3 Å². The second kappa shape index (κ2) is 5.60. The molecule has 1 aliphatic rings. The van der Waals surface area contributed by atoms with Crippen LogP contribution in [0.3, 0.4) is 0 Å². The molecule has 0 bridgehead atoms. The van der Waals surface area contributed by atoms with Gasteiger partial charge in [-0.15, -0.1) is 0 Å². The van der Waals surface area contributed by atoms with E-state index in [-0.39, 0.29) is 0 Å². The highest BCUT2D eigenvalue weighted by Crippen LogP contribution is 2.34. The lowest BCUT2D eigenvalue weighted by Gasteiger charge is -2.25. The van der Waals surface area contributed by atoms with Crippen molar-refractivity contribution in [3.05, 3.63) is 33.8 Å². The van der Waals surface area contributed by atoms with Crippen molar-refractivity contribution in [1.29, 1.82) is 0 Å². The van der Waals surface area contributed by atoms with Crippen LogP contribution in [0.15, 0.2) is 12.1 Å². The van der Waals surface area contributed by atoms with E-state index in [2.05, 4.69) is 38.2 Å². The fourth-order valence-corrected chi connectivity index (χ4v) is 3.08. The summed E-state index contributed by atoms with van der Waals surface area (Å²) in [7, 11) is 2.02. The first-order valence-electron chi connectivity index (χ1n) is 6.58. The predicted molar refractivity (Wildman–Crippen MR) is 76.2 cm³/mol. The molecule has 1 aromatic rings. The van der Waals surface area contributed by atoms with Crippen LogP contribution in [0.1, 0.15) is 36.1 Å². The molecule has 2 rings (SSSR count). The van der Waals surface area contributed by atoms with Crippen molar-refractivity contribution in [2.45, 2.75) is 39.3 Å². The average molecular weight is 268 g/mol. The second-order valence-electron chi connectivity index (χ2n) is 5.36. The Bertz CT molecular complexity index is 433. The molecule has 1 N–H and O–H groups in total. The molecule has 0 aromatic heterocycles. The van der Waals surface area contributed by atoms with Gasteiger partial charge in [0.1, 0.15) is 0 Å². The van der Waals surface area contributed by atoms with Crippen LogP contribution in [-0.4, -0.2) is 19.8 Å². The summed E-state index contributed by atoms with van der Waals surface area (Å²) in [6, 6.07) is 4.63. The van der Waals surface area contributed by atoms with E-state index < -0.39 is 0 Å². The molecular formula is C15H22ClNO. The molecular weight excluding hydrogens is 246 g/mol. The van der Waals surface area contributed by atoms with Crippen LogP contribution < -0.4 is 5.32 Å². The maximum Gasteiger partial charge on any atom is 0.0551 e. The van der Waals surface area contributed by atoms with E-state index in [0.29, 0.717) is 18.1 Å². The quantitative estimate of drug-likeness (QED) is 0.903. The summed E-state index contributed by atoms with van der Waals surface area (Å²) in [6.45, 7) is 7.18. The molecule has 1 heterocycles. The third kappa shape index (κ3) is 2.71. The van der Waals surface area contributed by atoms with Crippen molar-refractivity contribution < 1.29 is 4.74 Å². The lowest BCUT2D eigenvalue weighted by atomic mass is 9.88. The Morgan fingerprint density at radius 3 is 2.61 bits per heavy atom. The standard InChI is InChI=1S/C15H22ClNO/c1-9-6-14(16)10(2)5-13(9)15(17-4)12-7-11(3)18-8-12/h5-6,11-12,15,17H,7-8H2,1-4H3. The molecule has 1 aliphatic heterocycles. The monoisotopic (exact) mass is 267 g/mol. The molecule has 1 fully saturated rings. The number of hydrogen-bond donors (Lipinski definition) is 1. The highest BCUT2D eigenvalue weighted by Gasteiger charge is 2.30. The minimum absolute atomic E-state index is 0.353. The minimum atomic E-state index is 0.353. The summed E-state index contributed by atoms with van der Waals surface area (Å²) in [5.41, 5.74) is 3.75. The number of aryl methyl sites for hydroxylation is 2. The van der Waals surface area contributed by atoms with E-state index >= 15 is 0 Å². The number of ether oxygens (including phenoxy) is 1. The summed E-state index contributed by atoms with van der Waals surface area (Å²) in [5, 5.41) is 4.29. The Morgan fingerprint density at radius 1 is 1.33 bits per heavy atom. The summed E-state index contributed by atoms with van der Waals surface area (Å²) in [4.78, 5) is 0. The van der Waals surface area contributed by atoms with Crippen LogP contribution in [0.5, 0.6) is 0 Å². The molecule has 1 aromatic carbocycles.